The van der Waals surface area contributed by atoms with Crippen molar-refractivity contribution in [2.45, 2.75) is 31.7 Å². The molecule has 1 saturated heterocycles. The Hall–Kier alpha value is -2.36. The van der Waals surface area contributed by atoms with Crippen molar-refractivity contribution in [3.05, 3.63) is 48.0 Å². The van der Waals surface area contributed by atoms with Crippen LogP contribution in [-0.2, 0) is 16.0 Å². The topological polar surface area (TPSA) is 63.4 Å². The van der Waals surface area contributed by atoms with Crippen molar-refractivity contribution in [1.29, 1.82) is 0 Å². The second kappa shape index (κ2) is 6.18. The van der Waals surface area contributed by atoms with Gasteiger partial charge in [0.2, 0.25) is 11.8 Å². The number of nitrogens with zero attached hydrogens (tertiary/aromatic N) is 1. The first-order chi connectivity index (χ1) is 10.7. The van der Waals surface area contributed by atoms with Crippen LogP contribution in [0, 0.1) is 0 Å². The molecule has 4 heteroatoms. The summed E-state index contributed by atoms with van der Waals surface area (Å²) in [5.74, 6) is -0.370. The number of carbonyl (C=O) groups is 2. The Labute approximate surface area is 129 Å². The lowest BCUT2D eigenvalue weighted by atomic mass is 10.0. The predicted octanol–water partition coefficient (Wildman–Crippen LogP) is 2.25. The normalized spacial score (nSPS) is 17.8. The van der Waals surface area contributed by atoms with Crippen LogP contribution >= 0.6 is 0 Å². The number of nitrogens with two attached hydrogens (primary N) is 1. The quantitative estimate of drug-likeness (QED) is 0.940. The number of hydrogen-bond donors (Lipinski definition) is 1. The number of benzene rings is 2. The van der Waals surface area contributed by atoms with Gasteiger partial charge < -0.3 is 10.6 Å². The van der Waals surface area contributed by atoms with Crippen molar-refractivity contribution in [2.75, 3.05) is 6.54 Å². The van der Waals surface area contributed by atoms with Crippen molar-refractivity contribution in [2.24, 2.45) is 5.73 Å². The summed E-state index contributed by atoms with van der Waals surface area (Å²) >= 11 is 0. The molecule has 2 aromatic carbocycles. The fourth-order valence-corrected chi connectivity index (χ4v) is 3.26. The predicted molar refractivity (Wildman–Crippen MR) is 86.2 cm³/mol. The molecule has 2 aromatic rings. The average Bonchev–Trinajstić information content (AvgIpc) is 3.02. The van der Waals surface area contributed by atoms with E-state index in [9.17, 15) is 9.59 Å². The van der Waals surface area contributed by atoms with Gasteiger partial charge in [-0.1, -0.05) is 42.5 Å². The lowest BCUT2D eigenvalue weighted by molar-refractivity contribution is -0.137. The molecule has 114 valence electrons. The summed E-state index contributed by atoms with van der Waals surface area (Å²) in [6.45, 7) is 0.641. The minimum absolute atomic E-state index is 0.0224. The number of hydrogen-bond acceptors (Lipinski definition) is 2. The average molecular weight is 296 g/mol. The number of carbonyl (C=O) groups excluding carboxylic acids is 2. The lowest BCUT2D eigenvalue weighted by Gasteiger charge is -2.22. The van der Waals surface area contributed by atoms with Gasteiger partial charge in [-0.05, 0) is 35.6 Å². The molecule has 3 rings (SSSR count). The van der Waals surface area contributed by atoms with E-state index in [-0.39, 0.29) is 5.91 Å². The van der Waals surface area contributed by atoms with Gasteiger partial charge in [-0.15, -0.1) is 0 Å². The van der Waals surface area contributed by atoms with E-state index in [0.29, 0.717) is 25.8 Å². The molecular formula is C18H20N2O2. The van der Waals surface area contributed by atoms with E-state index in [4.69, 9.17) is 5.73 Å². The zero-order chi connectivity index (χ0) is 15.5. The molecule has 0 unspecified atom stereocenters. The third kappa shape index (κ3) is 2.82. The summed E-state index contributed by atoms with van der Waals surface area (Å²) < 4.78 is 0. The Morgan fingerprint density at radius 2 is 1.91 bits per heavy atom. The highest BCUT2D eigenvalue weighted by Crippen LogP contribution is 2.22. The van der Waals surface area contributed by atoms with Gasteiger partial charge in [0.25, 0.3) is 0 Å². The molecule has 1 fully saturated rings. The summed E-state index contributed by atoms with van der Waals surface area (Å²) in [6, 6.07) is 13.9. The minimum atomic E-state index is -0.417. The van der Waals surface area contributed by atoms with E-state index in [0.717, 1.165) is 6.42 Å². The molecule has 1 aliphatic rings. The van der Waals surface area contributed by atoms with Crippen LogP contribution in [0.2, 0.25) is 0 Å². The van der Waals surface area contributed by atoms with Crippen LogP contribution in [-0.4, -0.2) is 29.3 Å². The van der Waals surface area contributed by atoms with Crippen molar-refractivity contribution in [3.63, 3.8) is 0 Å². The number of fused-ring (bicyclic) bond motifs is 1. The molecule has 22 heavy (non-hydrogen) atoms. The van der Waals surface area contributed by atoms with Gasteiger partial charge in [-0.25, -0.2) is 0 Å². The van der Waals surface area contributed by atoms with Crippen molar-refractivity contribution in [3.8, 4) is 0 Å². The fourth-order valence-electron chi connectivity index (χ4n) is 3.26. The molecule has 4 nitrogen and oxygen atoms in total. The highest BCUT2D eigenvalue weighted by Gasteiger charge is 2.32. The molecule has 0 spiro atoms. The van der Waals surface area contributed by atoms with Crippen LogP contribution in [0.25, 0.3) is 10.8 Å². The molecule has 0 bridgehead atoms. The molecule has 1 heterocycles. The Morgan fingerprint density at radius 1 is 1.14 bits per heavy atom. The summed E-state index contributed by atoms with van der Waals surface area (Å²) in [7, 11) is 0. The van der Waals surface area contributed by atoms with Gasteiger partial charge in [0.05, 0.1) is 0 Å². The largest absolute Gasteiger partial charge is 0.368 e. The number of aryl methyl sites for hydroxylation is 1. The van der Waals surface area contributed by atoms with E-state index in [2.05, 4.69) is 24.3 Å². The summed E-state index contributed by atoms with van der Waals surface area (Å²) in [5, 5.41) is 2.37. The zero-order valence-electron chi connectivity index (χ0n) is 12.5. The first-order valence-corrected chi connectivity index (χ1v) is 7.72. The first-order valence-electron chi connectivity index (χ1n) is 7.72. The summed E-state index contributed by atoms with van der Waals surface area (Å²) in [5.41, 5.74) is 6.54. The molecule has 0 aliphatic carbocycles. The van der Waals surface area contributed by atoms with E-state index in [1.165, 1.54) is 16.3 Å². The molecule has 0 aromatic heterocycles. The molecule has 0 radical (unpaired) electrons. The lowest BCUT2D eigenvalue weighted by Crippen LogP contribution is -2.43. The SMILES string of the molecule is NC(=O)[C@@H]1CCCN1C(=O)CCc1cccc2ccccc12. The van der Waals surface area contributed by atoms with E-state index in [1.807, 2.05) is 18.2 Å². The molecule has 1 aliphatic heterocycles. The molecular weight excluding hydrogens is 276 g/mol. The highest BCUT2D eigenvalue weighted by atomic mass is 16.2. The van der Waals surface area contributed by atoms with Gasteiger partial charge in [0.15, 0.2) is 0 Å². The van der Waals surface area contributed by atoms with Crippen LogP contribution in [0.3, 0.4) is 0 Å². The van der Waals surface area contributed by atoms with Crippen LogP contribution < -0.4 is 5.73 Å². The van der Waals surface area contributed by atoms with Crippen LogP contribution in [0.15, 0.2) is 42.5 Å². The van der Waals surface area contributed by atoms with Gasteiger partial charge in [-0.2, -0.15) is 0 Å². The van der Waals surface area contributed by atoms with E-state index in [1.54, 1.807) is 4.90 Å². The second-order valence-electron chi connectivity index (χ2n) is 5.79. The van der Waals surface area contributed by atoms with E-state index < -0.39 is 11.9 Å². The second-order valence-corrected chi connectivity index (χ2v) is 5.79. The van der Waals surface area contributed by atoms with Gasteiger partial charge in [0.1, 0.15) is 6.04 Å². The smallest absolute Gasteiger partial charge is 0.240 e. The maximum Gasteiger partial charge on any atom is 0.240 e. The van der Waals surface area contributed by atoms with Crippen molar-refractivity contribution >= 4 is 22.6 Å². The monoisotopic (exact) mass is 296 g/mol. The fraction of sp³-hybridized carbons (Fsp3) is 0.333. The number of rotatable bonds is 4. The maximum atomic E-state index is 12.4. The molecule has 1 atom stereocenters. The Morgan fingerprint density at radius 3 is 2.73 bits per heavy atom. The first kappa shape index (κ1) is 14.6. The zero-order valence-corrected chi connectivity index (χ0v) is 12.5. The highest BCUT2D eigenvalue weighted by molar-refractivity contribution is 5.88. The van der Waals surface area contributed by atoms with Crippen molar-refractivity contribution in [1.82, 2.24) is 4.90 Å². The molecule has 0 saturated carbocycles. The van der Waals surface area contributed by atoms with Gasteiger partial charge in [-0.3, -0.25) is 9.59 Å². The Balaban J connectivity index is 1.71. The maximum absolute atomic E-state index is 12.4. The molecule has 2 amide bonds. The third-order valence-electron chi connectivity index (χ3n) is 4.39. The van der Waals surface area contributed by atoms with Crippen LogP contribution in [0.4, 0.5) is 0 Å². The van der Waals surface area contributed by atoms with Gasteiger partial charge >= 0.3 is 0 Å². The van der Waals surface area contributed by atoms with Crippen LogP contribution in [0.5, 0.6) is 0 Å². The number of amides is 2. The standard InChI is InChI=1S/C18H20N2O2/c19-18(22)16-9-4-12-20(16)17(21)11-10-14-7-3-6-13-5-1-2-8-15(13)14/h1-3,5-8,16H,4,9-12H2,(H2,19,22)/t16-/m0/s1. The number of primary amides is 1. The van der Waals surface area contributed by atoms with Crippen molar-refractivity contribution < 1.29 is 9.59 Å². The van der Waals surface area contributed by atoms with E-state index >= 15 is 0 Å². The minimum Gasteiger partial charge on any atom is -0.368 e. The Kier molecular flexibility index (Phi) is 4.09. The third-order valence-corrected chi connectivity index (χ3v) is 4.39. The summed E-state index contributed by atoms with van der Waals surface area (Å²) in [4.78, 5) is 25.4. The molecule has 2 N–H and O–H groups in total. The Bertz CT molecular complexity index is 706. The number of likely N-dealkylation sites (tertiary alicyclic amines) is 1. The summed E-state index contributed by atoms with van der Waals surface area (Å²) in [6.07, 6.45) is 2.64. The van der Waals surface area contributed by atoms with Crippen LogP contribution in [0.1, 0.15) is 24.8 Å². The van der Waals surface area contributed by atoms with Gasteiger partial charge in [0, 0.05) is 13.0 Å².